The molecular formula is C19H25N3O4. The number of rotatable bonds is 8. The zero-order chi connectivity index (χ0) is 19.1. The van der Waals surface area contributed by atoms with Crippen LogP contribution in [0.25, 0.3) is 10.9 Å². The first-order chi connectivity index (χ1) is 12.4. The minimum Gasteiger partial charge on any atom is -0.465 e. The zero-order valence-corrected chi connectivity index (χ0v) is 15.3. The summed E-state index contributed by atoms with van der Waals surface area (Å²) in [5, 5.41) is 6.19. The Bertz CT molecular complexity index is 749. The Hall–Kier alpha value is -2.83. The number of aromatic nitrogens is 1. The van der Waals surface area contributed by atoms with Gasteiger partial charge in [-0.25, -0.2) is 0 Å². The van der Waals surface area contributed by atoms with Crippen LogP contribution >= 0.6 is 0 Å². The topological polar surface area (TPSA) is 100 Å². The van der Waals surface area contributed by atoms with E-state index in [0.717, 1.165) is 10.9 Å². The predicted molar refractivity (Wildman–Crippen MR) is 98.7 cm³/mol. The molecule has 1 heterocycles. The molecular weight excluding hydrogens is 334 g/mol. The average Bonchev–Trinajstić information content (AvgIpc) is 3.03. The van der Waals surface area contributed by atoms with Gasteiger partial charge in [-0.1, -0.05) is 32.0 Å². The Balaban J connectivity index is 2.04. The number of benzene rings is 1. The molecule has 2 aromatic rings. The number of esters is 1. The molecule has 1 aromatic carbocycles. The first-order valence-corrected chi connectivity index (χ1v) is 8.72. The van der Waals surface area contributed by atoms with E-state index in [9.17, 15) is 14.4 Å². The quantitative estimate of drug-likeness (QED) is 0.628. The second kappa shape index (κ2) is 9.03. The van der Waals surface area contributed by atoms with Crippen molar-refractivity contribution in [3.05, 3.63) is 36.0 Å². The highest BCUT2D eigenvalue weighted by atomic mass is 16.5. The van der Waals surface area contributed by atoms with Crippen molar-refractivity contribution < 1.29 is 19.1 Å². The Kier molecular flexibility index (Phi) is 6.77. The van der Waals surface area contributed by atoms with Crippen molar-refractivity contribution in [2.75, 3.05) is 13.2 Å². The van der Waals surface area contributed by atoms with Gasteiger partial charge in [0, 0.05) is 10.9 Å². The van der Waals surface area contributed by atoms with Gasteiger partial charge in [0.05, 0.1) is 6.61 Å². The molecule has 1 atom stereocenters. The van der Waals surface area contributed by atoms with Crippen LogP contribution in [0.2, 0.25) is 0 Å². The van der Waals surface area contributed by atoms with E-state index in [0.29, 0.717) is 12.1 Å². The van der Waals surface area contributed by atoms with Crippen LogP contribution in [0.3, 0.4) is 0 Å². The van der Waals surface area contributed by atoms with Gasteiger partial charge >= 0.3 is 5.97 Å². The monoisotopic (exact) mass is 359 g/mol. The number of nitrogens with one attached hydrogen (secondary N) is 3. The van der Waals surface area contributed by atoms with Crippen LogP contribution in [0.5, 0.6) is 0 Å². The summed E-state index contributed by atoms with van der Waals surface area (Å²) in [7, 11) is 0. The number of hydrogen-bond acceptors (Lipinski definition) is 4. The summed E-state index contributed by atoms with van der Waals surface area (Å²) in [6.45, 7) is 5.65. The molecule has 7 nitrogen and oxygen atoms in total. The van der Waals surface area contributed by atoms with Crippen LogP contribution in [0.15, 0.2) is 30.3 Å². The van der Waals surface area contributed by atoms with Crippen LogP contribution < -0.4 is 10.6 Å². The van der Waals surface area contributed by atoms with Crippen molar-refractivity contribution in [2.45, 2.75) is 33.2 Å². The van der Waals surface area contributed by atoms with Crippen molar-refractivity contribution in [3.8, 4) is 0 Å². The number of aromatic amines is 1. The van der Waals surface area contributed by atoms with Crippen molar-refractivity contribution in [3.63, 3.8) is 0 Å². The highest BCUT2D eigenvalue weighted by Crippen LogP contribution is 2.15. The summed E-state index contributed by atoms with van der Waals surface area (Å²) in [6, 6.07) is 8.56. The van der Waals surface area contributed by atoms with E-state index in [2.05, 4.69) is 15.6 Å². The summed E-state index contributed by atoms with van der Waals surface area (Å²) >= 11 is 0. The number of para-hydroxylation sites is 1. The maximum atomic E-state index is 12.5. The van der Waals surface area contributed by atoms with E-state index < -0.39 is 17.9 Å². The van der Waals surface area contributed by atoms with Crippen molar-refractivity contribution >= 4 is 28.7 Å². The van der Waals surface area contributed by atoms with Gasteiger partial charge in [-0.15, -0.1) is 0 Å². The lowest BCUT2D eigenvalue weighted by atomic mass is 10.0. The molecule has 0 fully saturated rings. The maximum absolute atomic E-state index is 12.5. The molecule has 0 spiro atoms. The number of hydrogen-bond donors (Lipinski definition) is 3. The average molecular weight is 359 g/mol. The van der Waals surface area contributed by atoms with Gasteiger partial charge < -0.3 is 20.4 Å². The third kappa shape index (κ3) is 5.34. The standard InChI is InChI=1S/C19H25N3O4/c1-4-26-17(23)11-20-18(24)15(9-12(2)3)22-19(25)16-10-13-7-5-6-8-14(13)21-16/h5-8,10,12,15,21H,4,9,11H2,1-3H3,(H,20,24)(H,22,25)/t15-/m0/s1. The van der Waals surface area contributed by atoms with Crippen LogP contribution in [0.1, 0.15) is 37.7 Å². The lowest BCUT2D eigenvalue weighted by Gasteiger charge is -2.19. The van der Waals surface area contributed by atoms with Gasteiger partial charge in [0.2, 0.25) is 5.91 Å². The van der Waals surface area contributed by atoms with Crippen LogP contribution in [-0.4, -0.2) is 42.0 Å². The second-order valence-corrected chi connectivity index (χ2v) is 6.45. The molecule has 3 N–H and O–H groups in total. The molecule has 1 aromatic heterocycles. The molecule has 0 saturated carbocycles. The number of ether oxygens (including phenoxy) is 1. The SMILES string of the molecule is CCOC(=O)CNC(=O)[C@H](CC(C)C)NC(=O)c1cc2ccccc2[nH]1. The first-order valence-electron chi connectivity index (χ1n) is 8.72. The highest BCUT2D eigenvalue weighted by Gasteiger charge is 2.23. The van der Waals surface area contributed by atoms with Gasteiger partial charge in [-0.05, 0) is 31.4 Å². The fourth-order valence-corrected chi connectivity index (χ4v) is 2.63. The number of fused-ring (bicyclic) bond motifs is 1. The molecule has 0 radical (unpaired) electrons. The van der Waals surface area contributed by atoms with Crippen molar-refractivity contribution in [1.82, 2.24) is 15.6 Å². The highest BCUT2D eigenvalue weighted by molar-refractivity contribution is 6.00. The summed E-state index contributed by atoms with van der Waals surface area (Å²) < 4.78 is 4.79. The van der Waals surface area contributed by atoms with E-state index in [1.54, 1.807) is 13.0 Å². The minimum atomic E-state index is -0.733. The van der Waals surface area contributed by atoms with Crippen LogP contribution in [-0.2, 0) is 14.3 Å². The van der Waals surface area contributed by atoms with Crippen molar-refractivity contribution in [1.29, 1.82) is 0 Å². The van der Waals surface area contributed by atoms with Crippen LogP contribution in [0, 0.1) is 5.92 Å². The fourth-order valence-electron chi connectivity index (χ4n) is 2.63. The number of carbonyl (C=O) groups is 3. The van der Waals surface area contributed by atoms with Gasteiger partial charge in [-0.3, -0.25) is 14.4 Å². The third-order valence-corrected chi connectivity index (χ3v) is 3.82. The summed E-state index contributed by atoms with van der Waals surface area (Å²) in [6.07, 6.45) is 0.459. The molecule has 0 bridgehead atoms. The van der Waals surface area contributed by atoms with Gasteiger partial charge in [0.25, 0.3) is 5.91 Å². The molecule has 0 aliphatic rings. The van der Waals surface area contributed by atoms with Gasteiger partial charge in [0.1, 0.15) is 18.3 Å². The second-order valence-electron chi connectivity index (χ2n) is 6.45. The summed E-state index contributed by atoms with van der Waals surface area (Å²) in [5.41, 5.74) is 1.24. The fraction of sp³-hybridized carbons (Fsp3) is 0.421. The Morgan fingerprint density at radius 2 is 1.92 bits per heavy atom. The van der Waals surface area contributed by atoms with Crippen molar-refractivity contribution in [2.24, 2.45) is 5.92 Å². The van der Waals surface area contributed by atoms with Crippen LogP contribution in [0.4, 0.5) is 0 Å². The molecule has 0 unspecified atom stereocenters. The first kappa shape index (κ1) is 19.5. The molecule has 7 heteroatoms. The maximum Gasteiger partial charge on any atom is 0.325 e. The van der Waals surface area contributed by atoms with Gasteiger partial charge in [0.15, 0.2) is 0 Å². The normalized spacial score (nSPS) is 12.0. The number of carbonyl (C=O) groups excluding carboxylic acids is 3. The molecule has 2 amide bonds. The molecule has 2 rings (SSSR count). The van der Waals surface area contributed by atoms with E-state index in [1.807, 2.05) is 38.1 Å². The molecule has 140 valence electrons. The minimum absolute atomic E-state index is 0.191. The molecule has 0 aliphatic heterocycles. The predicted octanol–water partition coefficient (Wildman–Crippen LogP) is 1.99. The zero-order valence-electron chi connectivity index (χ0n) is 15.3. The van der Waals surface area contributed by atoms with Gasteiger partial charge in [-0.2, -0.15) is 0 Å². The largest absolute Gasteiger partial charge is 0.465 e. The lowest BCUT2D eigenvalue weighted by molar-refractivity contribution is -0.143. The third-order valence-electron chi connectivity index (χ3n) is 3.82. The Labute approximate surface area is 152 Å². The Morgan fingerprint density at radius 1 is 1.19 bits per heavy atom. The summed E-state index contributed by atoms with van der Waals surface area (Å²) in [5.74, 6) is -1.09. The summed E-state index contributed by atoms with van der Waals surface area (Å²) in [4.78, 5) is 39.4. The van der Waals surface area contributed by atoms with E-state index in [1.165, 1.54) is 0 Å². The number of H-pyrrole nitrogens is 1. The number of amides is 2. The molecule has 26 heavy (non-hydrogen) atoms. The van der Waals surface area contributed by atoms with E-state index in [-0.39, 0.29) is 25.0 Å². The smallest absolute Gasteiger partial charge is 0.325 e. The molecule has 0 saturated heterocycles. The Morgan fingerprint density at radius 3 is 2.58 bits per heavy atom. The molecule has 0 aliphatic carbocycles. The lowest BCUT2D eigenvalue weighted by Crippen LogP contribution is -2.48. The van der Waals surface area contributed by atoms with E-state index in [4.69, 9.17) is 4.74 Å². The van der Waals surface area contributed by atoms with E-state index >= 15 is 0 Å².